The number of ether oxygens (including phenoxy) is 1. The summed E-state index contributed by atoms with van der Waals surface area (Å²) in [6.07, 6.45) is 2.05. The van der Waals surface area contributed by atoms with Gasteiger partial charge in [-0.15, -0.1) is 0 Å². The molecule has 0 unspecified atom stereocenters. The number of carbonyl (C=O) groups is 1. The highest BCUT2D eigenvalue weighted by molar-refractivity contribution is 5.73. The van der Waals surface area contributed by atoms with E-state index < -0.39 is 0 Å². The average molecular weight is 200 g/mol. The second-order valence-corrected chi connectivity index (χ2v) is 4.14. The van der Waals surface area contributed by atoms with E-state index in [0.717, 1.165) is 32.6 Å². The van der Waals surface area contributed by atoms with Crippen molar-refractivity contribution in [3.63, 3.8) is 0 Å². The number of hydrogen-bond donors (Lipinski definition) is 2. The number of hydrogen-bond acceptors (Lipinski definition) is 2. The first-order valence-electron chi connectivity index (χ1n) is 5.26. The fourth-order valence-electron chi connectivity index (χ4n) is 1.56. The van der Waals surface area contributed by atoms with Crippen molar-refractivity contribution in [2.24, 2.45) is 5.41 Å². The van der Waals surface area contributed by atoms with Gasteiger partial charge in [-0.3, -0.25) is 0 Å². The van der Waals surface area contributed by atoms with Gasteiger partial charge in [0.15, 0.2) is 0 Å². The van der Waals surface area contributed by atoms with Crippen LogP contribution in [0.4, 0.5) is 4.79 Å². The summed E-state index contributed by atoms with van der Waals surface area (Å²) in [5, 5.41) is 5.61. The predicted molar refractivity (Wildman–Crippen MR) is 55.2 cm³/mol. The van der Waals surface area contributed by atoms with Crippen molar-refractivity contribution in [1.29, 1.82) is 0 Å². The van der Waals surface area contributed by atoms with Gasteiger partial charge in [0.1, 0.15) is 0 Å². The molecule has 2 N–H and O–H groups in total. The second-order valence-electron chi connectivity index (χ2n) is 4.14. The molecule has 14 heavy (non-hydrogen) atoms. The predicted octanol–water partition coefficient (Wildman–Crippen LogP) is 1.12. The largest absolute Gasteiger partial charge is 0.381 e. The Morgan fingerprint density at radius 3 is 2.57 bits per heavy atom. The Balaban J connectivity index is 2.24. The highest BCUT2D eigenvalue weighted by Gasteiger charge is 2.27. The third-order valence-corrected chi connectivity index (χ3v) is 2.71. The molecule has 0 atom stereocenters. The molecule has 82 valence electrons. The van der Waals surface area contributed by atoms with Gasteiger partial charge in [0.2, 0.25) is 0 Å². The Bertz CT molecular complexity index is 189. The summed E-state index contributed by atoms with van der Waals surface area (Å²) in [6.45, 7) is 7.15. The maximum Gasteiger partial charge on any atom is 0.314 e. The first-order valence-corrected chi connectivity index (χ1v) is 5.26. The van der Waals surface area contributed by atoms with E-state index in [9.17, 15) is 4.79 Å². The molecule has 1 aliphatic rings. The molecule has 1 saturated heterocycles. The third-order valence-electron chi connectivity index (χ3n) is 2.71. The van der Waals surface area contributed by atoms with E-state index in [4.69, 9.17) is 4.74 Å². The number of amides is 2. The molecule has 1 fully saturated rings. The summed E-state index contributed by atoms with van der Waals surface area (Å²) in [4.78, 5) is 11.2. The van der Waals surface area contributed by atoms with Gasteiger partial charge in [-0.25, -0.2) is 4.79 Å². The van der Waals surface area contributed by atoms with E-state index in [0.29, 0.717) is 6.54 Å². The summed E-state index contributed by atoms with van der Waals surface area (Å²) in [7, 11) is 0. The molecule has 2 amide bonds. The molecule has 4 nitrogen and oxygen atoms in total. The SMILES string of the molecule is CCNC(=O)NCC1(C)CCOCC1. The van der Waals surface area contributed by atoms with Gasteiger partial charge < -0.3 is 15.4 Å². The quantitative estimate of drug-likeness (QED) is 0.717. The van der Waals surface area contributed by atoms with Gasteiger partial charge in [0.05, 0.1) is 0 Å². The number of rotatable bonds is 3. The summed E-state index contributed by atoms with van der Waals surface area (Å²) >= 11 is 0. The summed E-state index contributed by atoms with van der Waals surface area (Å²) < 4.78 is 5.29. The lowest BCUT2D eigenvalue weighted by atomic mass is 9.82. The zero-order valence-electron chi connectivity index (χ0n) is 9.06. The molecule has 1 rings (SSSR count). The Kier molecular flexibility index (Phi) is 4.20. The van der Waals surface area contributed by atoms with E-state index in [1.54, 1.807) is 0 Å². The fourth-order valence-corrected chi connectivity index (χ4v) is 1.56. The van der Waals surface area contributed by atoms with Gasteiger partial charge in [0.25, 0.3) is 0 Å². The lowest BCUT2D eigenvalue weighted by Gasteiger charge is -2.33. The van der Waals surface area contributed by atoms with E-state index in [1.165, 1.54) is 0 Å². The maximum absolute atomic E-state index is 11.2. The molecule has 0 aromatic rings. The van der Waals surface area contributed by atoms with Crippen LogP contribution in [0.1, 0.15) is 26.7 Å². The zero-order chi connectivity index (χ0) is 10.4. The van der Waals surface area contributed by atoms with Crippen LogP contribution in [-0.4, -0.2) is 32.3 Å². The molecule has 0 aliphatic carbocycles. The highest BCUT2D eigenvalue weighted by atomic mass is 16.5. The third kappa shape index (κ3) is 3.54. The zero-order valence-corrected chi connectivity index (χ0v) is 9.06. The van der Waals surface area contributed by atoms with Gasteiger partial charge in [0, 0.05) is 26.3 Å². The molecule has 0 spiro atoms. The van der Waals surface area contributed by atoms with Crippen molar-refractivity contribution >= 4 is 6.03 Å². The molecule has 1 heterocycles. The first-order chi connectivity index (χ1) is 6.66. The molecule has 0 radical (unpaired) electrons. The number of nitrogens with one attached hydrogen (secondary N) is 2. The van der Waals surface area contributed by atoms with Crippen molar-refractivity contribution in [2.45, 2.75) is 26.7 Å². The van der Waals surface area contributed by atoms with Crippen molar-refractivity contribution in [3.05, 3.63) is 0 Å². The van der Waals surface area contributed by atoms with Crippen LogP contribution in [-0.2, 0) is 4.74 Å². The van der Waals surface area contributed by atoms with Crippen molar-refractivity contribution in [2.75, 3.05) is 26.3 Å². The summed E-state index contributed by atoms with van der Waals surface area (Å²) in [5.41, 5.74) is 0.212. The lowest BCUT2D eigenvalue weighted by molar-refractivity contribution is 0.0252. The van der Waals surface area contributed by atoms with Crippen molar-refractivity contribution in [3.8, 4) is 0 Å². The minimum atomic E-state index is -0.0692. The van der Waals surface area contributed by atoms with Crippen LogP contribution in [0, 0.1) is 5.41 Å². The van der Waals surface area contributed by atoms with Crippen LogP contribution in [0.5, 0.6) is 0 Å². The molecular formula is C10H20N2O2. The van der Waals surface area contributed by atoms with Crippen LogP contribution >= 0.6 is 0 Å². The number of urea groups is 1. The van der Waals surface area contributed by atoms with Crippen LogP contribution in [0.2, 0.25) is 0 Å². The second kappa shape index (κ2) is 5.20. The van der Waals surface area contributed by atoms with E-state index in [1.807, 2.05) is 6.92 Å². The summed E-state index contributed by atoms with van der Waals surface area (Å²) in [6, 6.07) is -0.0692. The first kappa shape index (κ1) is 11.3. The van der Waals surface area contributed by atoms with Crippen LogP contribution in [0.15, 0.2) is 0 Å². The molecule has 0 aromatic heterocycles. The minimum absolute atomic E-state index is 0.0692. The average Bonchev–Trinajstić information content (AvgIpc) is 2.17. The van der Waals surface area contributed by atoms with Crippen LogP contribution < -0.4 is 10.6 Å². The minimum Gasteiger partial charge on any atom is -0.381 e. The Hall–Kier alpha value is -0.770. The fraction of sp³-hybridized carbons (Fsp3) is 0.900. The molecule has 1 aliphatic heterocycles. The Morgan fingerprint density at radius 1 is 1.36 bits per heavy atom. The Morgan fingerprint density at radius 2 is 2.00 bits per heavy atom. The highest BCUT2D eigenvalue weighted by Crippen LogP contribution is 2.28. The number of carbonyl (C=O) groups excluding carboxylic acids is 1. The standard InChI is InChI=1S/C10H20N2O2/c1-3-11-9(13)12-8-10(2)4-6-14-7-5-10/h3-8H2,1-2H3,(H2,11,12,13). The van der Waals surface area contributed by atoms with Gasteiger partial charge in [-0.05, 0) is 25.2 Å². The van der Waals surface area contributed by atoms with Crippen LogP contribution in [0.25, 0.3) is 0 Å². The van der Waals surface area contributed by atoms with Crippen LogP contribution in [0.3, 0.4) is 0 Å². The molecule has 0 aromatic carbocycles. The smallest absolute Gasteiger partial charge is 0.314 e. The van der Waals surface area contributed by atoms with Crippen molar-refractivity contribution < 1.29 is 9.53 Å². The normalized spacial score (nSPS) is 20.1. The van der Waals surface area contributed by atoms with E-state index in [2.05, 4.69) is 17.6 Å². The van der Waals surface area contributed by atoms with Gasteiger partial charge >= 0.3 is 6.03 Å². The monoisotopic (exact) mass is 200 g/mol. The maximum atomic E-state index is 11.2. The molecule has 0 bridgehead atoms. The molecule has 0 saturated carbocycles. The van der Waals surface area contributed by atoms with E-state index in [-0.39, 0.29) is 11.4 Å². The topological polar surface area (TPSA) is 50.4 Å². The van der Waals surface area contributed by atoms with E-state index >= 15 is 0 Å². The van der Waals surface area contributed by atoms with Crippen molar-refractivity contribution in [1.82, 2.24) is 10.6 Å². The molecular weight excluding hydrogens is 180 g/mol. The Labute approximate surface area is 85.4 Å². The molecule has 4 heteroatoms. The van der Waals surface area contributed by atoms with Gasteiger partial charge in [-0.1, -0.05) is 6.92 Å². The lowest BCUT2D eigenvalue weighted by Crippen LogP contribution is -2.43. The summed E-state index contributed by atoms with van der Waals surface area (Å²) in [5.74, 6) is 0. The van der Waals surface area contributed by atoms with Gasteiger partial charge in [-0.2, -0.15) is 0 Å².